The van der Waals surface area contributed by atoms with Crippen LogP contribution in [0.25, 0.3) is 21.5 Å². The molecule has 1 saturated heterocycles. The van der Waals surface area contributed by atoms with Crippen molar-refractivity contribution < 1.29 is 45.0 Å². The minimum absolute atomic E-state index is 0.0173. The van der Waals surface area contributed by atoms with Crippen LogP contribution in [0.1, 0.15) is 40.5 Å². The summed E-state index contributed by atoms with van der Waals surface area (Å²) in [5, 5.41) is 15.7. The predicted molar refractivity (Wildman–Crippen MR) is 140 cm³/mol. The molecule has 2 atom stereocenters. The number of carbonyl (C=O) groups is 1. The van der Waals surface area contributed by atoms with Gasteiger partial charge in [-0.15, -0.1) is 0 Å². The van der Waals surface area contributed by atoms with Crippen LogP contribution in [0.15, 0.2) is 58.2 Å². The number of aromatic nitrogens is 2. The molecule has 2 aromatic heterocycles. The van der Waals surface area contributed by atoms with E-state index in [4.69, 9.17) is 19.4 Å². The number of hydrogen-bond acceptors (Lipinski definition) is 6. The molecule has 0 radical (unpaired) electrons. The Bertz CT molecular complexity index is 1600. The quantitative estimate of drug-likeness (QED) is 0.363. The summed E-state index contributed by atoms with van der Waals surface area (Å²) in [7, 11) is 0. The first-order valence-corrected chi connectivity index (χ1v) is 15.3. The minimum atomic E-state index is -1.62. The van der Waals surface area contributed by atoms with Gasteiger partial charge in [0.2, 0.25) is 0 Å². The normalized spacial score (nSPS) is 24.1. The van der Waals surface area contributed by atoms with Crippen LogP contribution in [-0.2, 0) is 27.4 Å². The topological polar surface area (TPSA) is 93.6 Å². The number of carbonyl (C=O) groups excluding carboxylic acids is 1. The van der Waals surface area contributed by atoms with Gasteiger partial charge in [-0.3, -0.25) is 0 Å². The summed E-state index contributed by atoms with van der Waals surface area (Å²) in [5.74, 6) is -0.252. The molecule has 2 N–H and O–H groups in total. The Hall–Kier alpha value is -2.99. The second-order valence-corrected chi connectivity index (χ2v) is 12.2. The van der Waals surface area contributed by atoms with E-state index in [0.29, 0.717) is 54.4 Å². The van der Waals surface area contributed by atoms with Gasteiger partial charge in [0.05, 0.1) is 0 Å². The summed E-state index contributed by atoms with van der Waals surface area (Å²) in [5.41, 5.74) is 1.96. The molecule has 1 aromatic carbocycles. The van der Waals surface area contributed by atoms with Crippen LogP contribution in [-0.4, -0.2) is 47.3 Å². The van der Waals surface area contributed by atoms with Crippen molar-refractivity contribution in [1.82, 2.24) is 15.3 Å². The van der Waals surface area contributed by atoms with Gasteiger partial charge in [0, 0.05) is 0 Å². The third-order valence-electron chi connectivity index (χ3n) is 7.17. The fraction of sp³-hybridized carbons (Fsp3) is 0.300. The van der Waals surface area contributed by atoms with Gasteiger partial charge >= 0.3 is 236 Å². The predicted octanol–water partition coefficient (Wildman–Crippen LogP) is -0.599. The van der Waals surface area contributed by atoms with Crippen molar-refractivity contribution >= 4 is 16.1 Å². The van der Waals surface area contributed by atoms with E-state index in [2.05, 4.69) is 13.5 Å². The van der Waals surface area contributed by atoms with Gasteiger partial charge in [0.25, 0.3) is 0 Å². The summed E-state index contributed by atoms with van der Waals surface area (Å²) in [6.45, 7) is 2.90. The number of nitrogens with zero attached hydrogens (tertiary/aromatic N) is 2. The zero-order valence-corrected chi connectivity index (χ0v) is 23.6. The van der Waals surface area contributed by atoms with Gasteiger partial charge in [-0.1, -0.05) is 0 Å². The van der Waals surface area contributed by atoms with E-state index in [-0.39, 0.29) is 40.3 Å². The zero-order chi connectivity index (χ0) is 27.0. The Morgan fingerprint density at radius 1 is 1.10 bits per heavy atom. The van der Waals surface area contributed by atoms with Crippen LogP contribution in [0.3, 0.4) is 0 Å². The first kappa shape index (κ1) is 26.2. The Balaban J connectivity index is 1.22. The molecule has 6 rings (SSSR count). The molecule has 3 aromatic rings. The maximum absolute atomic E-state index is 14.9. The Kier molecular flexibility index (Phi) is 7.09. The van der Waals surface area contributed by atoms with E-state index in [1.165, 1.54) is 6.92 Å². The van der Waals surface area contributed by atoms with Gasteiger partial charge < -0.3 is 0 Å². The van der Waals surface area contributed by atoms with Crippen molar-refractivity contribution in [1.29, 1.82) is 0 Å². The van der Waals surface area contributed by atoms with Gasteiger partial charge in [0.1, 0.15) is 0 Å². The first-order chi connectivity index (χ1) is 18.8. The van der Waals surface area contributed by atoms with E-state index >= 15 is 0 Å². The number of alkyl halides is 1. The standard InChI is InChI=1S/C30H28FIN3O4/c1-29(31)17-39-16-22-6-5-20(12-23(22)29)28(36)33-15-19-11-26-21(14-32-13-19)7-8-25(34-26)24-3-2-4-27(35-24)30(37)9-10-38-18-30/h2-8,11-14,37H,9-10,15-18H2,1H3,(H,33,36)/q-1/t29-,30?/m1/s1. The summed E-state index contributed by atoms with van der Waals surface area (Å²) in [6.07, 6.45) is 2.51. The molecule has 3 aliphatic rings. The number of halogens is 2. The maximum atomic E-state index is 14.9. The average Bonchev–Trinajstić information content (AvgIpc) is 3.29. The van der Waals surface area contributed by atoms with Crippen molar-refractivity contribution in [2.75, 3.05) is 26.4 Å². The molecule has 1 fully saturated rings. The number of fused-ring (bicyclic) bond motifs is 2. The molecule has 5 heterocycles. The van der Waals surface area contributed by atoms with Crippen LogP contribution < -0.4 is 37.1 Å². The van der Waals surface area contributed by atoms with Gasteiger partial charge in [-0.25, -0.2) is 0 Å². The monoisotopic (exact) mass is 640 g/mol. The van der Waals surface area contributed by atoms with Crippen LogP contribution in [0.4, 0.5) is 4.39 Å². The second kappa shape index (κ2) is 10.5. The van der Waals surface area contributed by atoms with Crippen molar-refractivity contribution in [3.63, 3.8) is 0 Å². The van der Waals surface area contributed by atoms with Crippen LogP contribution in [0.2, 0.25) is 0 Å². The van der Waals surface area contributed by atoms with E-state index in [0.717, 1.165) is 21.7 Å². The number of pyridine rings is 2. The van der Waals surface area contributed by atoms with Crippen molar-refractivity contribution in [2.24, 2.45) is 0 Å². The van der Waals surface area contributed by atoms with E-state index in [1.54, 1.807) is 18.2 Å². The molecular formula is C30H28FIN3O4-. The van der Waals surface area contributed by atoms with E-state index < -0.39 is 11.3 Å². The number of aliphatic hydroxyl groups is 1. The Morgan fingerprint density at radius 2 is 1.97 bits per heavy atom. The van der Waals surface area contributed by atoms with Gasteiger partial charge in [0.15, 0.2) is 0 Å². The molecule has 39 heavy (non-hydrogen) atoms. The number of ether oxygens (including phenoxy) is 2. The fourth-order valence-electron chi connectivity index (χ4n) is 4.95. The summed E-state index contributed by atoms with van der Waals surface area (Å²) < 4.78 is 30.0. The Labute approximate surface area is 235 Å². The number of amides is 1. The van der Waals surface area contributed by atoms with Crippen LogP contribution >= 0.6 is 0 Å². The first-order valence-electron chi connectivity index (χ1n) is 12.8. The molecule has 9 heteroatoms. The Morgan fingerprint density at radius 3 is 2.82 bits per heavy atom. The number of benzene rings is 1. The summed E-state index contributed by atoms with van der Waals surface area (Å²) >= 11 is -0.369. The molecule has 202 valence electrons. The van der Waals surface area contributed by atoms with Crippen molar-refractivity contribution in [3.05, 3.63) is 91.1 Å². The second-order valence-electron chi connectivity index (χ2n) is 10.2. The third-order valence-corrected chi connectivity index (χ3v) is 9.36. The average molecular weight is 640 g/mol. The SMILES string of the molecule is C[C@@]1(F)COCc2ccc(C(=O)NCC3=C[I-]C=c4ccc(-c5cccc(C6(O)CCOC6)n5)nc4=C3)cc21. The molecule has 1 unspecified atom stereocenters. The molecule has 0 spiro atoms. The number of rotatable bonds is 5. The molecule has 0 aliphatic carbocycles. The van der Waals surface area contributed by atoms with E-state index in [1.807, 2.05) is 36.4 Å². The number of nitrogens with one attached hydrogen (secondary N) is 1. The molecular weight excluding hydrogens is 612 g/mol. The molecule has 3 aliphatic heterocycles. The van der Waals surface area contributed by atoms with Crippen LogP contribution in [0.5, 0.6) is 0 Å². The van der Waals surface area contributed by atoms with Gasteiger partial charge in [-0.05, 0) is 0 Å². The third kappa shape index (κ3) is 5.41. The number of hydrogen-bond donors (Lipinski definition) is 2. The van der Waals surface area contributed by atoms with Crippen LogP contribution in [0, 0.1) is 0 Å². The van der Waals surface area contributed by atoms with Crippen molar-refractivity contribution in [2.45, 2.75) is 31.2 Å². The fourth-order valence-corrected chi connectivity index (χ4v) is 6.91. The van der Waals surface area contributed by atoms with E-state index in [9.17, 15) is 14.3 Å². The van der Waals surface area contributed by atoms with Gasteiger partial charge in [-0.2, -0.15) is 0 Å². The molecule has 0 saturated carbocycles. The molecule has 0 bridgehead atoms. The summed E-state index contributed by atoms with van der Waals surface area (Å²) in [4.78, 5) is 22.6. The summed E-state index contributed by atoms with van der Waals surface area (Å²) in [6, 6.07) is 14.7. The van der Waals surface area contributed by atoms with Crippen molar-refractivity contribution in [3.8, 4) is 11.4 Å². The molecule has 7 nitrogen and oxygen atoms in total. The zero-order valence-electron chi connectivity index (χ0n) is 21.4. The molecule has 1 amide bonds.